The van der Waals surface area contributed by atoms with Crippen LogP contribution < -0.4 is 4.74 Å². The molecule has 0 heterocycles. The Hall–Kier alpha value is -2.89. The zero-order valence-electron chi connectivity index (χ0n) is 10.4. The minimum absolute atomic E-state index is 0.0118. The first-order valence-corrected chi connectivity index (χ1v) is 5.76. The van der Waals surface area contributed by atoms with Gasteiger partial charge in [-0.25, -0.2) is 4.79 Å². The van der Waals surface area contributed by atoms with E-state index in [2.05, 4.69) is 0 Å². The first-order valence-electron chi connectivity index (χ1n) is 5.76. The third-order valence-corrected chi connectivity index (χ3v) is 2.66. The first kappa shape index (κ1) is 13.5. The second-order valence-corrected chi connectivity index (χ2v) is 4.01. The largest absolute Gasteiger partial charge is 0.489 e. The van der Waals surface area contributed by atoms with Crippen molar-refractivity contribution in [2.45, 2.75) is 6.61 Å². The van der Waals surface area contributed by atoms with E-state index in [9.17, 15) is 14.9 Å². The molecular weight excluding hydrogens is 262 g/mol. The van der Waals surface area contributed by atoms with Crippen LogP contribution in [0.3, 0.4) is 0 Å². The lowest BCUT2D eigenvalue weighted by molar-refractivity contribution is -0.385. The number of hydrogen-bond acceptors (Lipinski definition) is 4. The SMILES string of the molecule is O=C(O)c1ccc([N+](=O)[O-])c(COc2ccccc2)c1. The quantitative estimate of drug-likeness (QED) is 0.668. The highest BCUT2D eigenvalue weighted by Crippen LogP contribution is 2.22. The highest BCUT2D eigenvalue weighted by molar-refractivity contribution is 5.88. The Morgan fingerprint density at radius 1 is 1.20 bits per heavy atom. The molecule has 0 saturated heterocycles. The third-order valence-electron chi connectivity index (χ3n) is 2.66. The van der Waals surface area contributed by atoms with Gasteiger partial charge in [0.2, 0.25) is 0 Å². The van der Waals surface area contributed by atoms with Gasteiger partial charge in [-0.1, -0.05) is 18.2 Å². The van der Waals surface area contributed by atoms with Crippen LogP contribution in [0.4, 0.5) is 5.69 Å². The van der Waals surface area contributed by atoms with Gasteiger partial charge in [0.1, 0.15) is 12.4 Å². The van der Waals surface area contributed by atoms with Gasteiger partial charge < -0.3 is 9.84 Å². The molecule has 2 aromatic carbocycles. The Bertz CT molecular complexity index is 639. The zero-order chi connectivity index (χ0) is 14.5. The Morgan fingerprint density at radius 3 is 2.50 bits per heavy atom. The number of rotatable bonds is 5. The molecule has 0 aliphatic rings. The van der Waals surface area contributed by atoms with Gasteiger partial charge in [-0.05, 0) is 24.3 Å². The first-order chi connectivity index (χ1) is 9.58. The maximum atomic E-state index is 10.9. The molecule has 2 rings (SSSR count). The minimum Gasteiger partial charge on any atom is -0.489 e. The highest BCUT2D eigenvalue weighted by atomic mass is 16.6. The second kappa shape index (κ2) is 5.83. The van der Waals surface area contributed by atoms with Crippen molar-refractivity contribution in [3.63, 3.8) is 0 Å². The Kier molecular flexibility index (Phi) is 3.95. The van der Waals surface area contributed by atoms with Crippen LogP contribution in [-0.2, 0) is 6.61 Å². The summed E-state index contributed by atoms with van der Waals surface area (Å²) in [5.74, 6) is -0.580. The second-order valence-electron chi connectivity index (χ2n) is 4.01. The summed E-state index contributed by atoms with van der Waals surface area (Å²) < 4.78 is 5.42. The Morgan fingerprint density at radius 2 is 1.90 bits per heavy atom. The average Bonchev–Trinajstić information content (AvgIpc) is 2.45. The van der Waals surface area contributed by atoms with E-state index in [1.165, 1.54) is 18.2 Å². The van der Waals surface area contributed by atoms with E-state index < -0.39 is 10.9 Å². The monoisotopic (exact) mass is 273 g/mol. The molecule has 0 fully saturated rings. The number of hydrogen-bond donors (Lipinski definition) is 1. The van der Waals surface area contributed by atoms with Crippen LogP contribution in [-0.4, -0.2) is 16.0 Å². The number of carboxylic acids is 1. The molecule has 0 bridgehead atoms. The number of aromatic carboxylic acids is 1. The number of para-hydroxylation sites is 1. The third kappa shape index (κ3) is 3.11. The molecule has 0 radical (unpaired) electrons. The van der Waals surface area contributed by atoms with Crippen LogP contribution in [0.15, 0.2) is 48.5 Å². The Labute approximate surface area is 114 Å². The number of carboxylic acid groups (broad SMARTS) is 1. The van der Waals surface area contributed by atoms with E-state index in [0.717, 1.165) is 0 Å². The molecule has 0 saturated carbocycles. The maximum absolute atomic E-state index is 10.9. The molecule has 0 aromatic heterocycles. The van der Waals surface area contributed by atoms with Crippen molar-refractivity contribution in [2.24, 2.45) is 0 Å². The molecule has 102 valence electrons. The van der Waals surface area contributed by atoms with Gasteiger partial charge in [0.25, 0.3) is 5.69 Å². The lowest BCUT2D eigenvalue weighted by Gasteiger charge is -2.07. The van der Waals surface area contributed by atoms with Crippen molar-refractivity contribution in [1.82, 2.24) is 0 Å². The van der Waals surface area contributed by atoms with Crippen LogP contribution >= 0.6 is 0 Å². The number of carbonyl (C=O) groups is 1. The average molecular weight is 273 g/mol. The van der Waals surface area contributed by atoms with Crippen LogP contribution in [0.5, 0.6) is 5.75 Å². The summed E-state index contributed by atoms with van der Waals surface area (Å²) in [5, 5.41) is 19.8. The number of nitro benzene ring substituents is 1. The molecule has 1 N–H and O–H groups in total. The highest BCUT2D eigenvalue weighted by Gasteiger charge is 2.16. The molecule has 0 atom stereocenters. The summed E-state index contributed by atoms with van der Waals surface area (Å²) in [4.78, 5) is 21.3. The van der Waals surface area contributed by atoms with Gasteiger partial charge in [0, 0.05) is 6.07 Å². The topological polar surface area (TPSA) is 89.7 Å². The number of ether oxygens (including phenoxy) is 1. The molecule has 0 spiro atoms. The molecule has 0 aliphatic carbocycles. The van der Waals surface area contributed by atoms with E-state index >= 15 is 0 Å². The summed E-state index contributed by atoms with van der Waals surface area (Å²) >= 11 is 0. The molecule has 0 aliphatic heterocycles. The van der Waals surface area contributed by atoms with Crippen molar-refractivity contribution in [1.29, 1.82) is 0 Å². The van der Waals surface area contributed by atoms with E-state index in [1.807, 2.05) is 6.07 Å². The van der Waals surface area contributed by atoms with Gasteiger partial charge >= 0.3 is 5.97 Å². The normalized spacial score (nSPS) is 10.0. The summed E-state index contributed by atoms with van der Waals surface area (Å²) in [5.41, 5.74) is 0.0481. The summed E-state index contributed by atoms with van der Waals surface area (Å²) in [6.45, 7) is -0.0680. The molecular formula is C14H11NO5. The Balaban J connectivity index is 2.26. The minimum atomic E-state index is -1.14. The molecule has 20 heavy (non-hydrogen) atoms. The summed E-state index contributed by atoms with van der Waals surface area (Å²) in [6.07, 6.45) is 0. The van der Waals surface area contributed by atoms with Crippen LogP contribution in [0.25, 0.3) is 0 Å². The van der Waals surface area contributed by atoms with Crippen molar-refractivity contribution in [3.8, 4) is 5.75 Å². The van der Waals surface area contributed by atoms with E-state index in [-0.39, 0.29) is 23.4 Å². The van der Waals surface area contributed by atoms with Gasteiger partial charge in [-0.2, -0.15) is 0 Å². The standard InChI is InChI=1S/C14H11NO5/c16-14(17)10-6-7-13(15(18)19)11(8-10)9-20-12-4-2-1-3-5-12/h1-8H,9H2,(H,16,17). The maximum Gasteiger partial charge on any atom is 0.335 e. The van der Waals surface area contributed by atoms with Crippen molar-refractivity contribution in [2.75, 3.05) is 0 Å². The number of nitro groups is 1. The van der Waals surface area contributed by atoms with Crippen LogP contribution in [0.1, 0.15) is 15.9 Å². The summed E-state index contributed by atoms with van der Waals surface area (Å²) in [6, 6.07) is 12.4. The molecule has 6 heteroatoms. The van der Waals surface area contributed by atoms with E-state index in [0.29, 0.717) is 5.75 Å². The van der Waals surface area contributed by atoms with Gasteiger partial charge in [0.15, 0.2) is 0 Å². The predicted octanol–water partition coefficient (Wildman–Crippen LogP) is 2.87. The van der Waals surface area contributed by atoms with Crippen LogP contribution in [0.2, 0.25) is 0 Å². The fourth-order valence-electron chi connectivity index (χ4n) is 1.69. The molecule has 6 nitrogen and oxygen atoms in total. The number of benzene rings is 2. The lowest BCUT2D eigenvalue weighted by Crippen LogP contribution is -2.04. The van der Waals surface area contributed by atoms with Gasteiger partial charge in [0.05, 0.1) is 16.1 Å². The lowest BCUT2D eigenvalue weighted by atomic mass is 10.1. The van der Waals surface area contributed by atoms with E-state index in [4.69, 9.17) is 9.84 Å². The van der Waals surface area contributed by atoms with Crippen molar-refractivity contribution < 1.29 is 19.6 Å². The van der Waals surface area contributed by atoms with Crippen molar-refractivity contribution in [3.05, 3.63) is 69.8 Å². The van der Waals surface area contributed by atoms with Crippen molar-refractivity contribution >= 4 is 11.7 Å². The molecule has 0 amide bonds. The van der Waals surface area contributed by atoms with E-state index in [1.54, 1.807) is 24.3 Å². The van der Waals surface area contributed by atoms with Gasteiger partial charge in [-0.15, -0.1) is 0 Å². The predicted molar refractivity (Wildman–Crippen MR) is 70.8 cm³/mol. The molecule has 2 aromatic rings. The fourth-order valence-corrected chi connectivity index (χ4v) is 1.69. The fraction of sp³-hybridized carbons (Fsp3) is 0.0714. The zero-order valence-corrected chi connectivity index (χ0v) is 10.4. The van der Waals surface area contributed by atoms with Gasteiger partial charge in [-0.3, -0.25) is 10.1 Å². The van der Waals surface area contributed by atoms with Crippen LogP contribution in [0, 0.1) is 10.1 Å². The summed E-state index contributed by atoms with van der Waals surface area (Å²) in [7, 11) is 0. The molecule has 0 unspecified atom stereocenters. The number of nitrogens with zero attached hydrogens (tertiary/aromatic N) is 1. The smallest absolute Gasteiger partial charge is 0.335 e.